The molecule has 20 heavy (non-hydrogen) atoms. The standard InChI is InChI=1S/C17H23N3/c1-3-20-16(10-14-7-5-4-6-13(14)2)11-15-12-19-9-8-17(15)18/h4-9,12,16,20H,3,10-11H2,1-2H3,(H2,18,19). The molecule has 1 atom stereocenters. The molecule has 0 saturated carbocycles. The van der Waals surface area contributed by atoms with Crippen LogP contribution in [0.1, 0.15) is 23.6 Å². The molecule has 1 unspecified atom stereocenters. The highest BCUT2D eigenvalue weighted by atomic mass is 14.9. The van der Waals surface area contributed by atoms with Crippen molar-refractivity contribution in [3.05, 3.63) is 59.4 Å². The average Bonchev–Trinajstić information content (AvgIpc) is 2.44. The van der Waals surface area contributed by atoms with E-state index in [1.54, 1.807) is 6.20 Å². The van der Waals surface area contributed by atoms with Gasteiger partial charge >= 0.3 is 0 Å². The number of likely N-dealkylation sites (N-methyl/N-ethyl adjacent to an activating group) is 1. The summed E-state index contributed by atoms with van der Waals surface area (Å²) in [4.78, 5) is 4.18. The van der Waals surface area contributed by atoms with Crippen molar-refractivity contribution < 1.29 is 0 Å². The molecule has 0 radical (unpaired) electrons. The van der Waals surface area contributed by atoms with Crippen LogP contribution < -0.4 is 11.1 Å². The number of pyridine rings is 1. The Bertz CT molecular complexity index is 504. The van der Waals surface area contributed by atoms with Crippen LogP contribution in [0.25, 0.3) is 0 Å². The van der Waals surface area contributed by atoms with Crippen LogP contribution in [-0.4, -0.2) is 17.6 Å². The molecule has 106 valence electrons. The molecule has 2 aromatic rings. The van der Waals surface area contributed by atoms with Gasteiger partial charge in [0.15, 0.2) is 0 Å². The van der Waals surface area contributed by atoms with Crippen molar-refractivity contribution in [2.45, 2.75) is 32.7 Å². The van der Waals surface area contributed by atoms with Crippen LogP contribution in [-0.2, 0) is 12.8 Å². The van der Waals surface area contributed by atoms with E-state index < -0.39 is 0 Å². The third-order valence-electron chi connectivity index (χ3n) is 3.63. The minimum Gasteiger partial charge on any atom is -0.398 e. The summed E-state index contributed by atoms with van der Waals surface area (Å²) in [5.74, 6) is 0. The minimum atomic E-state index is 0.382. The average molecular weight is 269 g/mol. The van der Waals surface area contributed by atoms with Gasteiger partial charge in [0.1, 0.15) is 0 Å². The maximum absolute atomic E-state index is 6.02. The lowest BCUT2D eigenvalue weighted by atomic mass is 9.96. The van der Waals surface area contributed by atoms with E-state index in [9.17, 15) is 0 Å². The lowest BCUT2D eigenvalue weighted by molar-refractivity contribution is 0.520. The highest BCUT2D eigenvalue weighted by Gasteiger charge is 2.12. The number of hydrogen-bond donors (Lipinski definition) is 2. The molecule has 0 amide bonds. The Labute approximate surface area is 121 Å². The first-order valence-electron chi connectivity index (χ1n) is 7.17. The van der Waals surface area contributed by atoms with E-state index in [0.29, 0.717) is 6.04 Å². The number of aromatic nitrogens is 1. The van der Waals surface area contributed by atoms with Gasteiger partial charge in [0.25, 0.3) is 0 Å². The highest BCUT2D eigenvalue weighted by molar-refractivity contribution is 5.44. The molecule has 0 aliphatic rings. The fraction of sp³-hybridized carbons (Fsp3) is 0.353. The number of nitrogen functional groups attached to an aromatic ring is 1. The molecule has 0 bridgehead atoms. The molecular weight excluding hydrogens is 246 g/mol. The Hall–Kier alpha value is -1.87. The van der Waals surface area contributed by atoms with Gasteiger partial charge in [-0.1, -0.05) is 31.2 Å². The number of nitrogens with zero attached hydrogens (tertiary/aromatic N) is 1. The van der Waals surface area contributed by atoms with E-state index in [1.807, 2.05) is 12.3 Å². The predicted molar refractivity (Wildman–Crippen MR) is 84.7 cm³/mol. The predicted octanol–water partition coefficient (Wildman–Crippen LogP) is 2.74. The fourth-order valence-electron chi connectivity index (χ4n) is 2.48. The second kappa shape index (κ2) is 7.06. The summed E-state index contributed by atoms with van der Waals surface area (Å²) in [5, 5.41) is 3.55. The van der Waals surface area contributed by atoms with E-state index in [2.05, 4.69) is 48.4 Å². The second-order valence-electron chi connectivity index (χ2n) is 5.16. The largest absolute Gasteiger partial charge is 0.398 e. The van der Waals surface area contributed by atoms with Gasteiger partial charge in [0, 0.05) is 24.1 Å². The van der Waals surface area contributed by atoms with E-state index in [4.69, 9.17) is 5.73 Å². The molecule has 1 heterocycles. The summed E-state index contributed by atoms with van der Waals surface area (Å²) in [5.41, 5.74) is 10.7. The van der Waals surface area contributed by atoms with Gasteiger partial charge < -0.3 is 11.1 Å². The molecule has 0 fully saturated rings. The maximum atomic E-state index is 6.02. The summed E-state index contributed by atoms with van der Waals surface area (Å²) >= 11 is 0. The number of anilines is 1. The summed E-state index contributed by atoms with van der Waals surface area (Å²) < 4.78 is 0. The first-order chi connectivity index (χ1) is 9.70. The molecule has 0 saturated heterocycles. The van der Waals surface area contributed by atoms with Crippen molar-refractivity contribution in [3.63, 3.8) is 0 Å². The van der Waals surface area contributed by atoms with E-state index in [-0.39, 0.29) is 0 Å². The topological polar surface area (TPSA) is 50.9 Å². The van der Waals surface area contributed by atoms with Crippen molar-refractivity contribution in [3.8, 4) is 0 Å². The maximum Gasteiger partial charge on any atom is 0.0378 e. The molecule has 1 aromatic carbocycles. The summed E-state index contributed by atoms with van der Waals surface area (Å²) in [6.45, 7) is 5.25. The van der Waals surface area contributed by atoms with Gasteiger partial charge in [-0.3, -0.25) is 4.98 Å². The SMILES string of the molecule is CCNC(Cc1ccccc1C)Cc1cnccc1N. The van der Waals surface area contributed by atoms with Crippen LogP contribution in [0.4, 0.5) is 5.69 Å². The van der Waals surface area contributed by atoms with Crippen LogP contribution >= 0.6 is 0 Å². The molecule has 1 aromatic heterocycles. The first kappa shape index (κ1) is 14.5. The smallest absolute Gasteiger partial charge is 0.0378 e. The monoisotopic (exact) mass is 269 g/mol. The number of hydrogen-bond acceptors (Lipinski definition) is 3. The molecule has 3 heteroatoms. The molecule has 0 aliphatic heterocycles. The Morgan fingerprint density at radius 2 is 1.90 bits per heavy atom. The third-order valence-corrected chi connectivity index (χ3v) is 3.63. The van der Waals surface area contributed by atoms with Crippen LogP contribution in [0, 0.1) is 6.92 Å². The summed E-state index contributed by atoms with van der Waals surface area (Å²) in [7, 11) is 0. The Balaban J connectivity index is 2.12. The zero-order chi connectivity index (χ0) is 14.4. The van der Waals surface area contributed by atoms with Crippen LogP contribution in [0.15, 0.2) is 42.7 Å². The Morgan fingerprint density at radius 3 is 2.60 bits per heavy atom. The Morgan fingerprint density at radius 1 is 1.15 bits per heavy atom. The Kier molecular flexibility index (Phi) is 5.13. The fourth-order valence-corrected chi connectivity index (χ4v) is 2.48. The molecule has 0 aliphatic carbocycles. The summed E-state index contributed by atoms with van der Waals surface area (Å²) in [6.07, 6.45) is 5.52. The third kappa shape index (κ3) is 3.81. The number of nitrogens with two attached hydrogens (primary N) is 1. The lowest BCUT2D eigenvalue weighted by Crippen LogP contribution is -2.33. The molecular formula is C17H23N3. The van der Waals surface area contributed by atoms with Crippen LogP contribution in [0.5, 0.6) is 0 Å². The van der Waals surface area contributed by atoms with Gasteiger partial charge in [-0.05, 0) is 49.1 Å². The van der Waals surface area contributed by atoms with Crippen molar-refractivity contribution in [2.24, 2.45) is 0 Å². The number of nitrogens with one attached hydrogen (secondary N) is 1. The van der Waals surface area contributed by atoms with Crippen molar-refractivity contribution in [2.75, 3.05) is 12.3 Å². The lowest BCUT2D eigenvalue weighted by Gasteiger charge is -2.20. The normalized spacial score (nSPS) is 12.3. The van der Waals surface area contributed by atoms with Gasteiger partial charge in [0.2, 0.25) is 0 Å². The molecule has 0 spiro atoms. The quantitative estimate of drug-likeness (QED) is 0.848. The molecule has 2 rings (SSSR count). The summed E-state index contributed by atoms with van der Waals surface area (Å²) in [6, 6.07) is 10.8. The minimum absolute atomic E-state index is 0.382. The molecule has 3 N–H and O–H groups in total. The van der Waals surface area contributed by atoms with Crippen molar-refractivity contribution in [1.29, 1.82) is 0 Å². The highest BCUT2D eigenvalue weighted by Crippen LogP contribution is 2.16. The zero-order valence-electron chi connectivity index (χ0n) is 12.3. The number of rotatable bonds is 6. The van der Waals surface area contributed by atoms with E-state index in [1.165, 1.54) is 11.1 Å². The van der Waals surface area contributed by atoms with E-state index >= 15 is 0 Å². The van der Waals surface area contributed by atoms with Crippen molar-refractivity contribution in [1.82, 2.24) is 10.3 Å². The first-order valence-corrected chi connectivity index (χ1v) is 7.17. The van der Waals surface area contributed by atoms with Gasteiger partial charge in [-0.15, -0.1) is 0 Å². The van der Waals surface area contributed by atoms with Crippen LogP contribution in [0.2, 0.25) is 0 Å². The number of benzene rings is 1. The van der Waals surface area contributed by atoms with Crippen LogP contribution in [0.3, 0.4) is 0 Å². The number of aryl methyl sites for hydroxylation is 1. The zero-order valence-corrected chi connectivity index (χ0v) is 12.3. The van der Waals surface area contributed by atoms with E-state index in [0.717, 1.165) is 30.6 Å². The molecule has 3 nitrogen and oxygen atoms in total. The second-order valence-corrected chi connectivity index (χ2v) is 5.16. The van der Waals surface area contributed by atoms with Gasteiger partial charge in [0.05, 0.1) is 0 Å². The van der Waals surface area contributed by atoms with Crippen molar-refractivity contribution >= 4 is 5.69 Å². The van der Waals surface area contributed by atoms with Gasteiger partial charge in [-0.25, -0.2) is 0 Å². The van der Waals surface area contributed by atoms with Gasteiger partial charge in [-0.2, -0.15) is 0 Å².